The summed E-state index contributed by atoms with van der Waals surface area (Å²) in [5.74, 6) is -4.99. The van der Waals surface area contributed by atoms with Gasteiger partial charge in [-0.05, 0) is 12.8 Å². The van der Waals surface area contributed by atoms with Crippen molar-refractivity contribution in [3.8, 4) is 0 Å². The minimum Gasteiger partial charge on any atom is -0.387 e. The molecule has 0 fully saturated rings. The Hall–Kier alpha value is -2.38. The largest absolute Gasteiger partial charge is 0.387 e. The van der Waals surface area contributed by atoms with Gasteiger partial charge in [-0.25, -0.2) is 9.59 Å². The molecule has 0 amide bonds. The second kappa shape index (κ2) is 13.9. The molecule has 8 heteroatoms. The maximum atomic E-state index is 11.7. The molecule has 0 saturated carbocycles. The number of hydrogen-bond donors (Lipinski definition) is 0. The molecule has 0 unspecified atom stereocenters. The van der Waals surface area contributed by atoms with Crippen molar-refractivity contribution in [3.05, 3.63) is 0 Å². The molecule has 0 aromatic rings. The zero-order valence-corrected chi connectivity index (χ0v) is 20.3. The minimum atomic E-state index is -1.10. The van der Waals surface area contributed by atoms with Crippen LogP contribution in [0.25, 0.3) is 0 Å². The Labute approximate surface area is 190 Å². The highest BCUT2D eigenvalue weighted by molar-refractivity contribution is 6.37. The van der Waals surface area contributed by atoms with E-state index in [0.717, 1.165) is 38.5 Å². The Balaban J connectivity index is 3.73. The van der Waals surface area contributed by atoms with Crippen molar-refractivity contribution in [2.24, 2.45) is 10.8 Å². The monoisotopic (exact) mass is 454 g/mol. The van der Waals surface area contributed by atoms with Crippen LogP contribution in [-0.2, 0) is 38.2 Å². The van der Waals surface area contributed by atoms with Crippen LogP contribution in [0.1, 0.15) is 106 Å². The molecule has 0 saturated heterocycles. The number of ether oxygens (including phenoxy) is 2. The quantitative estimate of drug-likeness (QED) is 0.175. The fraction of sp³-hybridized carbons (Fsp3) is 0.750. The Morgan fingerprint density at radius 1 is 0.469 bits per heavy atom. The number of ketones is 2. The summed E-state index contributed by atoms with van der Waals surface area (Å²) in [7, 11) is 0. The lowest BCUT2D eigenvalue weighted by Crippen LogP contribution is -2.31. The molecule has 8 nitrogen and oxygen atoms in total. The second-order valence-electron chi connectivity index (χ2n) is 10.0. The number of hydrogen-bond acceptors (Lipinski definition) is 8. The summed E-state index contributed by atoms with van der Waals surface area (Å²) in [6, 6.07) is 0. The fourth-order valence-corrected chi connectivity index (χ4v) is 2.61. The molecule has 0 spiro atoms. The van der Waals surface area contributed by atoms with E-state index in [-0.39, 0.29) is 12.8 Å². The zero-order valence-electron chi connectivity index (χ0n) is 20.3. The smallest absolute Gasteiger partial charge is 0.382 e. The summed E-state index contributed by atoms with van der Waals surface area (Å²) in [4.78, 5) is 69.8. The molecule has 0 rings (SSSR count). The van der Waals surface area contributed by atoms with E-state index in [0.29, 0.717) is 12.8 Å². The normalized spacial score (nSPS) is 11.6. The van der Waals surface area contributed by atoms with E-state index < -0.39 is 46.3 Å². The Morgan fingerprint density at radius 3 is 0.969 bits per heavy atom. The lowest BCUT2D eigenvalue weighted by molar-refractivity contribution is -0.167. The van der Waals surface area contributed by atoms with Crippen molar-refractivity contribution >= 4 is 35.4 Å². The van der Waals surface area contributed by atoms with Crippen molar-refractivity contribution in [2.45, 2.75) is 106 Å². The first-order valence-electron chi connectivity index (χ1n) is 11.2. The van der Waals surface area contributed by atoms with E-state index in [4.69, 9.17) is 0 Å². The van der Waals surface area contributed by atoms with Crippen molar-refractivity contribution < 1.29 is 38.2 Å². The highest BCUT2D eigenvalue weighted by Gasteiger charge is 2.31. The maximum Gasteiger partial charge on any atom is 0.382 e. The van der Waals surface area contributed by atoms with Crippen molar-refractivity contribution in [3.63, 3.8) is 0 Å². The van der Waals surface area contributed by atoms with Crippen LogP contribution in [0.4, 0.5) is 0 Å². The first-order chi connectivity index (χ1) is 14.7. The second-order valence-corrected chi connectivity index (χ2v) is 10.0. The van der Waals surface area contributed by atoms with Gasteiger partial charge >= 0.3 is 23.9 Å². The SMILES string of the molecule is CC(C)(C)C(=O)C(=O)OC(=O)CCCCCCCCCCC(=O)OC(=O)C(=O)C(C)(C)C. The van der Waals surface area contributed by atoms with Gasteiger partial charge in [-0.15, -0.1) is 0 Å². The Morgan fingerprint density at radius 2 is 0.719 bits per heavy atom. The van der Waals surface area contributed by atoms with Gasteiger partial charge < -0.3 is 9.47 Å². The molecule has 0 atom stereocenters. The highest BCUT2D eigenvalue weighted by atomic mass is 16.6. The number of unbranched alkanes of at least 4 members (excludes halogenated alkanes) is 7. The topological polar surface area (TPSA) is 121 Å². The van der Waals surface area contributed by atoms with E-state index in [9.17, 15) is 28.8 Å². The molecule has 0 aliphatic rings. The third-order valence-corrected chi connectivity index (χ3v) is 4.66. The van der Waals surface area contributed by atoms with E-state index in [1.165, 1.54) is 0 Å². The van der Waals surface area contributed by atoms with Crippen LogP contribution in [0.2, 0.25) is 0 Å². The van der Waals surface area contributed by atoms with Crippen molar-refractivity contribution in [1.82, 2.24) is 0 Å². The first kappa shape index (κ1) is 29.6. The third kappa shape index (κ3) is 13.1. The minimum absolute atomic E-state index is 0.0989. The van der Waals surface area contributed by atoms with Crippen molar-refractivity contribution in [2.75, 3.05) is 0 Å². The highest BCUT2D eigenvalue weighted by Crippen LogP contribution is 2.17. The molecule has 0 aliphatic heterocycles. The molecule has 0 aromatic carbocycles. The van der Waals surface area contributed by atoms with Gasteiger partial charge in [0.2, 0.25) is 11.6 Å². The summed E-state index contributed by atoms with van der Waals surface area (Å²) in [5, 5.41) is 0. The predicted octanol–water partition coefficient (Wildman–Crippen LogP) is 4.26. The van der Waals surface area contributed by atoms with E-state index in [1.54, 1.807) is 41.5 Å². The van der Waals surface area contributed by atoms with Gasteiger partial charge in [-0.2, -0.15) is 0 Å². The summed E-state index contributed by atoms with van der Waals surface area (Å²) in [6.45, 7) is 9.52. The van der Waals surface area contributed by atoms with Crippen LogP contribution < -0.4 is 0 Å². The number of carbonyl (C=O) groups excluding carboxylic acids is 6. The van der Waals surface area contributed by atoms with E-state index in [2.05, 4.69) is 9.47 Å². The molecule has 32 heavy (non-hydrogen) atoms. The van der Waals surface area contributed by atoms with Crippen LogP contribution in [0.15, 0.2) is 0 Å². The Bertz CT molecular complexity index is 632. The zero-order chi connectivity index (χ0) is 24.9. The van der Waals surface area contributed by atoms with Gasteiger partial charge in [0.15, 0.2) is 0 Å². The maximum absolute atomic E-state index is 11.7. The molecule has 0 bridgehead atoms. The molecule has 0 aliphatic carbocycles. The summed E-state index contributed by atoms with van der Waals surface area (Å²) < 4.78 is 9.16. The van der Waals surface area contributed by atoms with Crippen LogP contribution in [0.3, 0.4) is 0 Å². The summed E-state index contributed by atoms with van der Waals surface area (Å²) in [6.07, 6.45) is 6.79. The lowest BCUT2D eigenvalue weighted by Gasteiger charge is -2.14. The third-order valence-electron chi connectivity index (χ3n) is 4.66. The van der Waals surface area contributed by atoms with E-state index in [1.807, 2.05) is 0 Å². The first-order valence-corrected chi connectivity index (χ1v) is 11.2. The molecule has 0 radical (unpaired) electrons. The van der Waals surface area contributed by atoms with E-state index >= 15 is 0 Å². The average Bonchev–Trinajstić information content (AvgIpc) is 2.66. The standard InChI is InChI=1S/C24H38O8/c1-23(2,3)19(27)21(29)31-17(25)15-13-11-9-7-8-10-12-14-16-18(26)32-22(30)20(28)24(4,5)6/h7-16H2,1-6H3. The average molecular weight is 455 g/mol. The number of rotatable bonds is 13. The Kier molecular flexibility index (Phi) is 12.9. The summed E-state index contributed by atoms with van der Waals surface area (Å²) in [5.41, 5.74) is -1.75. The molecule has 0 aromatic heterocycles. The molecular weight excluding hydrogens is 416 g/mol. The number of esters is 4. The van der Waals surface area contributed by atoms with Crippen LogP contribution in [-0.4, -0.2) is 35.4 Å². The van der Waals surface area contributed by atoms with Gasteiger partial charge in [0, 0.05) is 23.7 Å². The lowest BCUT2D eigenvalue weighted by atomic mass is 9.91. The number of carbonyl (C=O) groups is 6. The van der Waals surface area contributed by atoms with Crippen molar-refractivity contribution in [1.29, 1.82) is 0 Å². The molecule has 182 valence electrons. The fourth-order valence-electron chi connectivity index (χ4n) is 2.61. The van der Waals surface area contributed by atoms with Crippen LogP contribution >= 0.6 is 0 Å². The molecular formula is C24H38O8. The van der Waals surface area contributed by atoms with Gasteiger partial charge in [-0.3, -0.25) is 19.2 Å². The van der Waals surface area contributed by atoms with Gasteiger partial charge in [0.25, 0.3) is 0 Å². The van der Waals surface area contributed by atoms with Gasteiger partial charge in [0.1, 0.15) is 0 Å². The molecule has 0 N–H and O–H groups in total. The number of Topliss-reactive ketones (excluding diaryl/α,β-unsaturated/α-hetero) is 2. The van der Waals surface area contributed by atoms with Gasteiger partial charge in [0.05, 0.1) is 0 Å². The summed E-state index contributed by atoms with van der Waals surface area (Å²) >= 11 is 0. The molecule has 0 heterocycles. The van der Waals surface area contributed by atoms with Crippen LogP contribution in [0.5, 0.6) is 0 Å². The predicted molar refractivity (Wildman–Crippen MR) is 117 cm³/mol. The van der Waals surface area contributed by atoms with Gasteiger partial charge in [-0.1, -0.05) is 80.1 Å². The van der Waals surface area contributed by atoms with Crippen LogP contribution in [0, 0.1) is 10.8 Å².